The van der Waals surface area contributed by atoms with Crippen LogP contribution in [0.25, 0.3) is 0 Å². The monoisotopic (exact) mass is 261 g/mol. The molecular formula is C13H19N5O. The maximum Gasteiger partial charge on any atom is 0.168 e. The molecule has 0 aromatic carbocycles. The standard InChI is InChI=1S/C13H19N5O/c1-2-11-19-12-5-3-6-14-13(12)15-7-4-9-18-10-8-16-17-18/h3,5-6,8,10H,2,4,7,9,11H2,1H3,(H,14,15). The third-order valence-corrected chi connectivity index (χ3v) is 2.56. The predicted molar refractivity (Wildman–Crippen MR) is 73.2 cm³/mol. The van der Waals surface area contributed by atoms with Crippen LogP contribution in [0.5, 0.6) is 5.75 Å². The van der Waals surface area contributed by atoms with Gasteiger partial charge in [0.25, 0.3) is 0 Å². The third-order valence-electron chi connectivity index (χ3n) is 2.56. The summed E-state index contributed by atoms with van der Waals surface area (Å²) in [6, 6.07) is 3.81. The number of ether oxygens (including phenoxy) is 1. The van der Waals surface area contributed by atoms with E-state index in [0.717, 1.165) is 37.5 Å². The molecule has 2 aromatic rings. The first-order chi connectivity index (χ1) is 9.40. The van der Waals surface area contributed by atoms with Gasteiger partial charge in [0.2, 0.25) is 0 Å². The van der Waals surface area contributed by atoms with E-state index in [1.54, 1.807) is 12.4 Å². The Hall–Kier alpha value is -2.11. The molecule has 0 fully saturated rings. The van der Waals surface area contributed by atoms with Gasteiger partial charge in [0.15, 0.2) is 11.6 Å². The summed E-state index contributed by atoms with van der Waals surface area (Å²) in [4.78, 5) is 4.30. The fraction of sp³-hybridized carbons (Fsp3) is 0.462. The van der Waals surface area contributed by atoms with Gasteiger partial charge in [0.05, 0.1) is 12.8 Å². The first-order valence-corrected chi connectivity index (χ1v) is 6.56. The van der Waals surface area contributed by atoms with Crippen LogP contribution in [-0.2, 0) is 6.54 Å². The number of pyridine rings is 1. The minimum atomic E-state index is 0.708. The molecule has 0 aliphatic rings. The Balaban J connectivity index is 1.78. The zero-order chi connectivity index (χ0) is 13.3. The number of nitrogens with one attached hydrogen (secondary N) is 1. The molecule has 6 heteroatoms. The minimum Gasteiger partial charge on any atom is -0.490 e. The summed E-state index contributed by atoms with van der Waals surface area (Å²) in [5.41, 5.74) is 0. The molecule has 0 atom stereocenters. The third kappa shape index (κ3) is 4.24. The maximum absolute atomic E-state index is 5.64. The molecule has 0 saturated carbocycles. The average Bonchev–Trinajstić information content (AvgIpc) is 2.95. The molecule has 0 spiro atoms. The summed E-state index contributed by atoms with van der Waals surface area (Å²) in [6.07, 6.45) is 7.24. The van der Waals surface area contributed by atoms with Crippen LogP contribution in [0.4, 0.5) is 5.82 Å². The lowest BCUT2D eigenvalue weighted by Crippen LogP contribution is -2.09. The van der Waals surface area contributed by atoms with Gasteiger partial charge in [-0.2, -0.15) is 0 Å². The lowest BCUT2D eigenvalue weighted by atomic mass is 10.4. The largest absolute Gasteiger partial charge is 0.490 e. The van der Waals surface area contributed by atoms with E-state index < -0.39 is 0 Å². The molecule has 2 heterocycles. The number of hydrogen-bond acceptors (Lipinski definition) is 5. The lowest BCUT2D eigenvalue weighted by molar-refractivity contribution is 0.317. The highest BCUT2D eigenvalue weighted by atomic mass is 16.5. The van der Waals surface area contributed by atoms with Crippen LogP contribution in [0.3, 0.4) is 0 Å². The molecule has 0 saturated heterocycles. The smallest absolute Gasteiger partial charge is 0.168 e. The second-order valence-corrected chi connectivity index (χ2v) is 4.15. The van der Waals surface area contributed by atoms with Gasteiger partial charge in [-0.15, -0.1) is 5.10 Å². The number of nitrogens with zero attached hydrogens (tertiary/aromatic N) is 4. The molecule has 0 amide bonds. The summed E-state index contributed by atoms with van der Waals surface area (Å²) in [7, 11) is 0. The van der Waals surface area contributed by atoms with Crippen LogP contribution in [-0.4, -0.2) is 33.1 Å². The summed E-state index contributed by atoms with van der Waals surface area (Å²) in [5.74, 6) is 1.61. The number of anilines is 1. The Kier molecular flexibility index (Phi) is 5.16. The van der Waals surface area contributed by atoms with Gasteiger partial charge in [-0.3, -0.25) is 4.68 Å². The van der Waals surface area contributed by atoms with Crippen molar-refractivity contribution in [1.29, 1.82) is 0 Å². The first kappa shape index (κ1) is 13.3. The molecular weight excluding hydrogens is 242 g/mol. The molecule has 1 N–H and O–H groups in total. The van der Waals surface area contributed by atoms with Gasteiger partial charge in [-0.25, -0.2) is 4.98 Å². The van der Waals surface area contributed by atoms with Crippen molar-refractivity contribution in [2.24, 2.45) is 0 Å². The lowest BCUT2D eigenvalue weighted by Gasteiger charge is -2.11. The molecule has 19 heavy (non-hydrogen) atoms. The molecule has 102 valence electrons. The minimum absolute atomic E-state index is 0.708. The zero-order valence-electron chi connectivity index (χ0n) is 11.1. The summed E-state index contributed by atoms with van der Waals surface area (Å²) in [5, 5.41) is 11.0. The van der Waals surface area contributed by atoms with Crippen LogP contribution in [0.15, 0.2) is 30.7 Å². The van der Waals surface area contributed by atoms with Gasteiger partial charge < -0.3 is 10.1 Å². The summed E-state index contributed by atoms with van der Waals surface area (Å²) >= 11 is 0. The molecule has 6 nitrogen and oxygen atoms in total. The summed E-state index contributed by atoms with van der Waals surface area (Å²) < 4.78 is 7.45. The highest BCUT2D eigenvalue weighted by Crippen LogP contribution is 2.20. The molecule has 0 aliphatic heterocycles. The van der Waals surface area contributed by atoms with E-state index >= 15 is 0 Å². The fourth-order valence-corrected chi connectivity index (χ4v) is 1.65. The van der Waals surface area contributed by atoms with Crippen LogP contribution in [0.1, 0.15) is 19.8 Å². The van der Waals surface area contributed by atoms with Crippen LogP contribution in [0.2, 0.25) is 0 Å². The van der Waals surface area contributed by atoms with Crippen molar-refractivity contribution in [3.8, 4) is 5.75 Å². The van der Waals surface area contributed by atoms with Gasteiger partial charge >= 0.3 is 0 Å². The highest BCUT2D eigenvalue weighted by Gasteiger charge is 2.03. The van der Waals surface area contributed by atoms with Gasteiger partial charge in [-0.1, -0.05) is 12.1 Å². The van der Waals surface area contributed by atoms with E-state index in [0.29, 0.717) is 6.61 Å². The molecule has 0 aliphatic carbocycles. The van der Waals surface area contributed by atoms with Gasteiger partial charge in [0, 0.05) is 25.5 Å². The number of aryl methyl sites for hydroxylation is 1. The number of hydrogen-bond donors (Lipinski definition) is 1. The second-order valence-electron chi connectivity index (χ2n) is 4.15. The molecule has 2 aromatic heterocycles. The van der Waals surface area contributed by atoms with Crippen LogP contribution in [0, 0.1) is 0 Å². The molecule has 0 unspecified atom stereocenters. The number of aromatic nitrogens is 4. The molecule has 2 rings (SSSR count). The van der Waals surface area contributed by atoms with Crippen LogP contribution < -0.4 is 10.1 Å². The second kappa shape index (κ2) is 7.35. The van der Waals surface area contributed by atoms with Crippen molar-refractivity contribution in [2.75, 3.05) is 18.5 Å². The normalized spacial score (nSPS) is 10.4. The van der Waals surface area contributed by atoms with E-state index in [4.69, 9.17) is 4.74 Å². The Morgan fingerprint density at radius 2 is 2.32 bits per heavy atom. The predicted octanol–water partition coefficient (Wildman–Crippen LogP) is 1.96. The average molecular weight is 261 g/mol. The van der Waals surface area contributed by atoms with Crippen molar-refractivity contribution in [3.63, 3.8) is 0 Å². The maximum atomic E-state index is 5.64. The topological polar surface area (TPSA) is 64.9 Å². The fourth-order valence-electron chi connectivity index (χ4n) is 1.65. The van der Waals surface area contributed by atoms with E-state index in [9.17, 15) is 0 Å². The van der Waals surface area contributed by atoms with Crippen LogP contribution >= 0.6 is 0 Å². The Morgan fingerprint density at radius 3 is 3.11 bits per heavy atom. The van der Waals surface area contributed by atoms with E-state index in [1.165, 1.54) is 0 Å². The Labute approximate surface area is 112 Å². The summed E-state index contributed by atoms with van der Waals surface area (Å²) in [6.45, 7) is 4.45. The zero-order valence-corrected chi connectivity index (χ0v) is 11.1. The van der Waals surface area contributed by atoms with Crippen molar-refractivity contribution < 1.29 is 4.74 Å². The molecule has 0 bridgehead atoms. The van der Waals surface area contributed by atoms with Gasteiger partial charge in [-0.05, 0) is 25.0 Å². The Bertz CT molecular complexity index is 472. The van der Waals surface area contributed by atoms with E-state index in [1.807, 2.05) is 23.0 Å². The van der Waals surface area contributed by atoms with Crippen molar-refractivity contribution in [2.45, 2.75) is 26.3 Å². The Morgan fingerprint density at radius 1 is 1.37 bits per heavy atom. The quantitative estimate of drug-likeness (QED) is 0.736. The highest BCUT2D eigenvalue weighted by molar-refractivity contribution is 5.49. The van der Waals surface area contributed by atoms with E-state index in [-0.39, 0.29) is 0 Å². The number of rotatable bonds is 8. The van der Waals surface area contributed by atoms with E-state index in [2.05, 4.69) is 27.5 Å². The first-order valence-electron chi connectivity index (χ1n) is 6.56. The van der Waals surface area contributed by atoms with Crippen molar-refractivity contribution >= 4 is 5.82 Å². The SMILES string of the molecule is CCCOc1cccnc1NCCCn1ccnn1. The van der Waals surface area contributed by atoms with Gasteiger partial charge in [0.1, 0.15) is 0 Å². The molecule has 0 radical (unpaired) electrons. The van der Waals surface area contributed by atoms with Crippen molar-refractivity contribution in [3.05, 3.63) is 30.7 Å². The van der Waals surface area contributed by atoms with Crippen molar-refractivity contribution in [1.82, 2.24) is 20.0 Å².